The van der Waals surface area contributed by atoms with Crippen LogP contribution in [0.2, 0.25) is 0 Å². The number of carbonyl (C=O) groups is 1. The Morgan fingerprint density at radius 1 is 1.16 bits per heavy atom. The number of hydrogen-bond donors (Lipinski definition) is 1. The van der Waals surface area contributed by atoms with Gasteiger partial charge in [-0.3, -0.25) is 4.79 Å². The summed E-state index contributed by atoms with van der Waals surface area (Å²) >= 11 is 0. The van der Waals surface area contributed by atoms with Gasteiger partial charge in [0.15, 0.2) is 0 Å². The lowest BCUT2D eigenvalue weighted by Crippen LogP contribution is -2.24. The summed E-state index contributed by atoms with van der Waals surface area (Å²) in [6.45, 7) is 8.86. The highest BCUT2D eigenvalue weighted by Crippen LogP contribution is 2.31. The van der Waals surface area contributed by atoms with E-state index in [4.69, 9.17) is 14.2 Å². The largest absolute Gasteiger partial charge is 0.497 e. The second-order valence-electron chi connectivity index (χ2n) is 7.36. The molecular weight excluding hydrogens is 392 g/mol. The molecule has 0 atom stereocenters. The highest BCUT2D eigenvalue weighted by Gasteiger charge is 2.15. The summed E-state index contributed by atoms with van der Waals surface area (Å²) in [5.41, 5.74) is 3.62. The summed E-state index contributed by atoms with van der Waals surface area (Å²) in [6, 6.07) is 11.3. The third kappa shape index (κ3) is 6.02. The lowest BCUT2D eigenvalue weighted by atomic mass is 9.95. The quantitative estimate of drug-likeness (QED) is 0.466. The van der Waals surface area contributed by atoms with Crippen LogP contribution in [0.5, 0.6) is 17.2 Å². The van der Waals surface area contributed by atoms with Crippen molar-refractivity contribution in [3.05, 3.63) is 58.2 Å². The van der Waals surface area contributed by atoms with Crippen LogP contribution in [-0.2, 0) is 11.3 Å². The summed E-state index contributed by atoms with van der Waals surface area (Å²) in [6.07, 6.45) is 1.62. The van der Waals surface area contributed by atoms with Gasteiger partial charge in [-0.1, -0.05) is 13.8 Å². The Kier molecular flexibility index (Phi) is 8.51. The van der Waals surface area contributed by atoms with E-state index >= 15 is 0 Å². The van der Waals surface area contributed by atoms with Crippen LogP contribution in [0, 0.1) is 18.3 Å². The first kappa shape index (κ1) is 23.8. The molecule has 6 nitrogen and oxygen atoms in total. The van der Waals surface area contributed by atoms with Crippen LogP contribution >= 0.6 is 0 Å². The summed E-state index contributed by atoms with van der Waals surface area (Å²) in [5.74, 6) is 1.90. The summed E-state index contributed by atoms with van der Waals surface area (Å²) in [5, 5.41) is 12.4. The Bertz CT molecular complexity index is 1000. The minimum atomic E-state index is -0.445. The van der Waals surface area contributed by atoms with Crippen molar-refractivity contribution in [1.29, 1.82) is 5.26 Å². The molecule has 2 aromatic carbocycles. The fourth-order valence-electron chi connectivity index (χ4n) is 3.18. The molecule has 31 heavy (non-hydrogen) atoms. The number of nitrogens with one attached hydrogen (secondary N) is 1. The Morgan fingerprint density at radius 2 is 1.90 bits per heavy atom. The fraction of sp³-hybridized carbons (Fsp3) is 0.360. The number of carbonyl (C=O) groups excluding carboxylic acids is 1. The van der Waals surface area contributed by atoms with Gasteiger partial charge in [0.05, 0.1) is 20.8 Å². The van der Waals surface area contributed by atoms with E-state index in [1.165, 1.54) is 0 Å². The molecule has 0 heterocycles. The van der Waals surface area contributed by atoms with Crippen molar-refractivity contribution in [1.82, 2.24) is 5.32 Å². The molecule has 0 radical (unpaired) electrons. The molecule has 0 bridgehead atoms. The first-order chi connectivity index (χ1) is 14.8. The molecule has 1 N–H and O–H groups in total. The van der Waals surface area contributed by atoms with Gasteiger partial charge < -0.3 is 19.5 Å². The average molecular weight is 423 g/mol. The van der Waals surface area contributed by atoms with E-state index in [1.54, 1.807) is 32.4 Å². The predicted octanol–water partition coefficient (Wildman–Crippen LogP) is 4.76. The zero-order valence-corrected chi connectivity index (χ0v) is 19.0. The number of methoxy groups -OCH3 is 2. The van der Waals surface area contributed by atoms with Gasteiger partial charge in [-0.15, -0.1) is 0 Å². The third-order valence-electron chi connectivity index (χ3n) is 4.92. The van der Waals surface area contributed by atoms with E-state index < -0.39 is 5.91 Å². The molecule has 1 amide bonds. The van der Waals surface area contributed by atoms with Gasteiger partial charge in [-0.2, -0.15) is 5.26 Å². The molecule has 0 aliphatic carbocycles. The van der Waals surface area contributed by atoms with Gasteiger partial charge in [0.2, 0.25) is 0 Å². The molecule has 0 aromatic heterocycles. The molecule has 2 rings (SSSR count). The van der Waals surface area contributed by atoms with Crippen molar-refractivity contribution in [3.8, 4) is 23.3 Å². The van der Waals surface area contributed by atoms with E-state index in [0.717, 1.165) is 28.0 Å². The number of nitriles is 1. The maximum Gasteiger partial charge on any atom is 0.262 e. The van der Waals surface area contributed by atoms with E-state index in [9.17, 15) is 10.1 Å². The van der Waals surface area contributed by atoms with Crippen LogP contribution in [0.4, 0.5) is 0 Å². The normalized spacial score (nSPS) is 11.1. The second kappa shape index (κ2) is 11.1. The minimum Gasteiger partial charge on any atom is -0.497 e. The van der Waals surface area contributed by atoms with Crippen LogP contribution in [0.15, 0.2) is 35.9 Å². The zero-order valence-electron chi connectivity index (χ0n) is 19.0. The van der Waals surface area contributed by atoms with Gasteiger partial charge in [-0.25, -0.2) is 0 Å². The Morgan fingerprint density at radius 3 is 2.48 bits per heavy atom. The van der Waals surface area contributed by atoms with Crippen LogP contribution in [0.25, 0.3) is 6.08 Å². The molecule has 0 saturated heterocycles. The number of aryl methyl sites for hydroxylation is 1. The molecular formula is C25H30N2O4. The fourth-order valence-corrected chi connectivity index (χ4v) is 3.18. The maximum absolute atomic E-state index is 12.7. The van der Waals surface area contributed by atoms with Crippen LogP contribution in [-0.4, -0.2) is 26.7 Å². The number of amides is 1. The van der Waals surface area contributed by atoms with Gasteiger partial charge in [0, 0.05) is 18.2 Å². The van der Waals surface area contributed by atoms with Crippen LogP contribution in [0.3, 0.4) is 0 Å². The molecule has 0 spiro atoms. The number of rotatable bonds is 9. The van der Waals surface area contributed by atoms with Gasteiger partial charge in [-0.05, 0) is 66.8 Å². The van der Waals surface area contributed by atoms with Crippen LogP contribution in [0.1, 0.15) is 48.9 Å². The molecule has 6 heteroatoms. The van der Waals surface area contributed by atoms with E-state index in [-0.39, 0.29) is 18.0 Å². The Hall–Kier alpha value is -3.46. The van der Waals surface area contributed by atoms with Crippen molar-refractivity contribution >= 4 is 12.0 Å². The maximum atomic E-state index is 12.7. The Labute approximate surface area is 184 Å². The van der Waals surface area contributed by atoms with Gasteiger partial charge >= 0.3 is 0 Å². The van der Waals surface area contributed by atoms with Gasteiger partial charge in [0.25, 0.3) is 5.91 Å². The molecule has 0 unspecified atom stereocenters. The van der Waals surface area contributed by atoms with E-state index in [1.807, 2.05) is 38.1 Å². The number of benzene rings is 2. The predicted molar refractivity (Wildman–Crippen MR) is 121 cm³/mol. The van der Waals surface area contributed by atoms with Gasteiger partial charge in [0.1, 0.15) is 28.9 Å². The lowest BCUT2D eigenvalue weighted by molar-refractivity contribution is -0.117. The summed E-state index contributed by atoms with van der Waals surface area (Å²) in [4.78, 5) is 12.7. The van der Waals surface area contributed by atoms with E-state index in [0.29, 0.717) is 18.1 Å². The number of hydrogen-bond acceptors (Lipinski definition) is 5. The highest BCUT2D eigenvalue weighted by atomic mass is 16.5. The molecule has 0 saturated carbocycles. The van der Waals surface area contributed by atoms with Crippen molar-refractivity contribution in [3.63, 3.8) is 0 Å². The first-order valence-corrected chi connectivity index (χ1v) is 10.2. The number of ether oxygens (including phenoxy) is 3. The third-order valence-corrected chi connectivity index (χ3v) is 4.92. The zero-order chi connectivity index (χ0) is 23.0. The highest BCUT2D eigenvalue weighted by molar-refractivity contribution is 6.01. The molecule has 0 aliphatic heterocycles. The lowest BCUT2D eigenvalue weighted by Gasteiger charge is -2.16. The van der Waals surface area contributed by atoms with Crippen molar-refractivity contribution in [2.75, 3.05) is 20.8 Å². The molecule has 164 valence electrons. The SMILES string of the molecule is CCOc1cc(C)c(/C=C(\C#N)C(=O)NCc2ccc(OC)cc2OC)cc1C(C)C. The average Bonchev–Trinajstić information content (AvgIpc) is 2.76. The van der Waals surface area contributed by atoms with Crippen molar-refractivity contribution in [2.45, 2.75) is 40.2 Å². The number of nitrogens with zero attached hydrogens (tertiary/aromatic N) is 1. The smallest absolute Gasteiger partial charge is 0.262 e. The minimum absolute atomic E-state index is 0.0365. The second-order valence-corrected chi connectivity index (χ2v) is 7.36. The summed E-state index contributed by atoms with van der Waals surface area (Å²) < 4.78 is 16.3. The topological polar surface area (TPSA) is 80.6 Å². The van der Waals surface area contributed by atoms with E-state index in [2.05, 4.69) is 19.2 Å². The van der Waals surface area contributed by atoms with Crippen LogP contribution < -0.4 is 19.5 Å². The Balaban J connectivity index is 2.27. The first-order valence-electron chi connectivity index (χ1n) is 10.2. The molecule has 2 aromatic rings. The van der Waals surface area contributed by atoms with Crippen molar-refractivity contribution in [2.24, 2.45) is 0 Å². The molecule has 0 aliphatic rings. The monoisotopic (exact) mass is 422 g/mol. The standard InChI is InChI=1S/C25H30N2O4/c1-7-31-24-10-17(4)19(12-22(24)16(2)3)11-20(14-26)25(28)27-15-18-8-9-21(29-5)13-23(18)30-6/h8-13,16H,7,15H2,1-6H3,(H,27,28)/b20-11+. The summed E-state index contributed by atoms with van der Waals surface area (Å²) in [7, 11) is 3.13. The molecule has 0 fully saturated rings. The van der Waals surface area contributed by atoms with Crippen molar-refractivity contribution < 1.29 is 19.0 Å².